The third-order valence-corrected chi connectivity index (χ3v) is 3.95. The van der Waals surface area contributed by atoms with Gasteiger partial charge in [0.1, 0.15) is 5.54 Å². The van der Waals surface area contributed by atoms with Gasteiger partial charge in [0.2, 0.25) is 0 Å². The molecule has 1 saturated carbocycles. The average Bonchev–Trinajstić information content (AvgIpc) is 3.13. The van der Waals surface area contributed by atoms with E-state index in [1.165, 1.54) is 6.42 Å². The first-order chi connectivity index (χ1) is 8.99. The van der Waals surface area contributed by atoms with Crippen LogP contribution in [0.1, 0.15) is 39.0 Å². The van der Waals surface area contributed by atoms with Gasteiger partial charge in [-0.1, -0.05) is 0 Å². The maximum Gasteiger partial charge on any atom is 0.324 e. The summed E-state index contributed by atoms with van der Waals surface area (Å²) in [6.45, 7) is 3.95. The molecule has 5 heteroatoms. The Morgan fingerprint density at radius 1 is 1.42 bits per heavy atom. The van der Waals surface area contributed by atoms with Crippen LogP contribution in [0.3, 0.4) is 0 Å². The van der Waals surface area contributed by atoms with Crippen molar-refractivity contribution in [1.82, 2.24) is 10.2 Å². The van der Waals surface area contributed by atoms with Crippen LogP contribution < -0.4 is 5.32 Å². The number of carbonyl (C=O) groups is 1. The zero-order chi connectivity index (χ0) is 13.9. The lowest BCUT2D eigenvalue weighted by Gasteiger charge is -2.34. The van der Waals surface area contributed by atoms with Crippen LogP contribution in [-0.4, -0.2) is 60.4 Å². The molecule has 2 atom stereocenters. The van der Waals surface area contributed by atoms with E-state index in [0.717, 1.165) is 38.8 Å². The fourth-order valence-electron chi connectivity index (χ4n) is 2.76. The molecule has 0 aromatic heterocycles. The molecule has 0 spiro atoms. The normalized spacial score (nSPS) is 27.2. The van der Waals surface area contributed by atoms with Gasteiger partial charge in [-0.25, -0.2) is 0 Å². The molecule has 0 bridgehead atoms. The summed E-state index contributed by atoms with van der Waals surface area (Å²) in [5.41, 5.74) is -0.857. The van der Waals surface area contributed by atoms with E-state index < -0.39 is 11.5 Å². The van der Waals surface area contributed by atoms with Gasteiger partial charge < -0.3 is 14.7 Å². The van der Waals surface area contributed by atoms with Crippen molar-refractivity contribution in [2.24, 2.45) is 0 Å². The summed E-state index contributed by atoms with van der Waals surface area (Å²) in [5, 5.41) is 12.7. The van der Waals surface area contributed by atoms with E-state index in [-0.39, 0.29) is 6.10 Å². The second kappa shape index (κ2) is 6.20. The van der Waals surface area contributed by atoms with Crippen LogP contribution in [0.5, 0.6) is 0 Å². The molecular weight excluding hydrogens is 244 g/mol. The van der Waals surface area contributed by atoms with E-state index >= 15 is 0 Å². The standard InChI is InChI=1S/C14H26N2O3/c1-14(13(17)18,15-11-6-7-11)10-16(2)9-12-5-3-4-8-19-12/h11-12,15H,3-10H2,1-2H3,(H,17,18). The maximum absolute atomic E-state index is 11.5. The van der Waals surface area contributed by atoms with E-state index in [0.29, 0.717) is 12.6 Å². The minimum Gasteiger partial charge on any atom is -0.480 e. The first kappa shape index (κ1) is 14.8. The number of aliphatic carboxylic acids is 1. The van der Waals surface area contributed by atoms with Gasteiger partial charge in [0, 0.05) is 25.7 Å². The molecule has 0 radical (unpaired) electrons. The number of hydrogen-bond donors (Lipinski definition) is 2. The Kier molecular flexibility index (Phi) is 4.81. The Labute approximate surface area is 115 Å². The second-order valence-electron chi connectivity index (χ2n) is 6.24. The van der Waals surface area contributed by atoms with Crippen LogP contribution in [0.4, 0.5) is 0 Å². The van der Waals surface area contributed by atoms with Crippen LogP contribution in [0.15, 0.2) is 0 Å². The molecule has 2 unspecified atom stereocenters. The summed E-state index contributed by atoms with van der Waals surface area (Å²) in [5.74, 6) is -0.768. The molecule has 0 amide bonds. The topological polar surface area (TPSA) is 61.8 Å². The highest BCUT2D eigenvalue weighted by molar-refractivity contribution is 5.78. The monoisotopic (exact) mass is 270 g/mol. The summed E-state index contributed by atoms with van der Waals surface area (Å²) in [6.07, 6.45) is 5.91. The minimum atomic E-state index is -0.857. The molecule has 19 heavy (non-hydrogen) atoms. The smallest absolute Gasteiger partial charge is 0.324 e. The highest BCUT2D eigenvalue weighted by Gasteiger charge is 2.39. The summed E-state index contributed by atoms with van der Waals surface area (Å²) in [7, 11) is 1.98. The quantitative estimate of drug-likeness (QED) is 0.725. The third-order valence-electron chi connectivity index (χ3n) is 3.95. The predicted octanol–water partition coefficient (Wildman–Crippen LogP) is 1.08. The van der Waals surface area contributed by atoms with Crippen molar-refractivity contribution >= 4 is 5.97 Å². The third kappa shape index (κ3) is 4.44. The van der Waals surface area contributed by atoms with Gasteiger partial charge in [-0.2, -0.15) is 0 Å². The lowest BCUT2D eigenvalue weighted by atomic mass is 10.0. The number of likely N-dealkylation sites (N-methyl/N-ethyl adjacent to an activating group) is 1. The Morgan fingerprint density at radius 2 is 2.16 bits per heavy atom. The zero-order valence-electron chi connectivity index (χ0n) is 12.0. The summed E-state index contributed by atoms with van der Waals surface area (Å²) in [4.78, 5) is 13.6. The molecule has 1 aliphatic carbocycles. The largest absolute Gasteiger partial charge is 0.480 e. The lowest BCUT2D eigenvalue weighted by molar-refractivity contribution is -0.145. The number of rotatable bonds is 7. The summed E-state index contributed by atoms with van der Waals surface area (Å²) in [6, 6.07) is 0.389. The van der Waals surface area contributed by atoms with Gasteiger partial charge in [-0.3, -0.25) is 10.1 Å². The highest BCUT2D eigenvalue weighted by Crippen LogP contribution is 2.23. The zero-order valence-corrected chi connectivity index (χ0v) is 12.0. The Bertz CT molecular complexity index is 314. The van der Waals surface area contributed by atoms with Crippen molar-refractivity contribution in [3.8, 4) is 0 Å². The molecule has 5 nitrogen and oxygen atoms in total. The van der Waals surface area contributed by atoms with Crippen LogP contribution in [0, 0.1) is 0 Å². The molecule has 1 heterocycles. The number of hydrogen-bond acceptors (Lipinski definition) is 4. The second-order valence-corrected chi connectivity index (χ2v) is 6.24. The van der Waals surface area contributed by atoms with E-state index in [1.54, 1.807) is 6.92 Å². The molecule has 0 aromatic carbocycles. The fourth-order valence-corrected chi connectivity index (χ4v) is 2.76. The van der Waals surface area contributed by atoms with Gasteiger partial charge in [0.15, 0.2) is 0 Å². The number of carboxylic acid groups (broad SMARTS) is 1. The van der Waals surface area contributed by atoms with Crippen molar-refractivity contribution in [3.05, 3.63) is 0 Å². The first-order valence-electron chi connectivity index (χ1n) is 7.31. The SMILES string of the molecule is CN(CC1CCCCO1)CC(C)(NC1CC1)C(=O)O. The van der Waals surface area contributed by atoms with E-state index in [1.807, 2.05) is 7.05 Å². The maximum atomic E-state index is 11.5. The molecule has 2 aliphatic rings. The van der Waals surface area contributed by atoms with Crippen LogP contribution in [0.2, 0.25) is 0 Å². The number of nitrogens with one attached hydrogen (secondary N) is 1. The molecule has 2 fully saturated rings. The van der Waals surface area contributed by atoms with E-state index in [9.17, 15) is 9.90 Å². The Hall–Kier alpha value is -0.650. The van der Waals surface area contributed by atoms with Gasteiger partial charge in [0.25, 0.3) is 0 Å². The molecule has 2 N–H and O–H groups in total. The van der Waals surface area contributed by atoms with Crippen molar-refractivity contribution in [2.75, 3.05) is 26.7 Å². The lowest BCUT2D eigenvalue weighted by Crippen LogP contribution is -2.57. The van der Waals surface area contributed by atoms with Gasteiger partial charge in [0.05, 0.1) is 6.10 Å². The number of carboxylic acids is 1. The molecule has 1 saturated heterocycles. The van der Waals surface area contributed by atoms with Crippen LogP contribution in [-0.2, 0) is 9.53 Å². The summed E-state index contributed by atoms with van der Waals surface area (Å²) >= 11 is 0. The Morgan fingerprint density at radius 3 is 2.68 bits per heavy atom. The van der Waals surface area contributed by atoms with Crippen LogP contribution in [0.25, 0.3) is 0 Å². The van der Waals surface area contributed by atoms with Gasteiger partial charge in [-0.15, -0.1) is 0 Å². The van der Waals surface area contributed by atoms with Crippen molar-refractivity contribution in [1.29, 1.82) is 0 Å². The number of nitrogens with zero attached hydrogens (tertiary/aromatic N) is 1. The molecule has 2 rings (SSSR count). The van der Waals surface area contributed by atoms with E-state index in [4.69, 9.17) is 4.74 Å². The fraction of sp³-hybridized carbons (Fsp3) is 0.929. The number of ether oxygens (including phenoxy) is 1. The molecule has 1 aliphatic heterocycles. The Balaban J connectivity index is 1.83. The molecular formula is C14H26N2O3. The average molecular weight is 270 g/mol. The van der Waals surface area contributed by atoms with Crippen molar-refractivity contribution in [2.45, 2.75) is 56.7 Å². The van der Waals surface area contributed by atoms with Gasteiger partial charge in [-0.05, 0) is 46.1 Å². The minimum absolute atomic E-state index is 0.262. The first-order valence-corrected chi connectivity index (χ1v) is 7.31. The van der Waals surface area contributed by atoms with Crippen LogP contribution >= 0.6 is 0 Å². The summed E-state index contributed by atoms with van der Waals surface area (Å²) < 4.78 is 5.71. The predicted molar refractivity (Wildman–Crippen MR) is 73.3 cm³/mol. The van der Waals surface area contributed by atoms with Crippen molar-refractivity contribution in [3.63, 3.8) is 0 Å². The van der Waals surface area contributed by atoms with Gasteiger partial charge >= 0.3 is 5.97 Å². The highest BCUT2D eigenvalue weighted by atomic mass is 16.5. The van der Waals surface area contributed by atoms with E-state index in [2.05, 4.69) is 10.2 Å². The molecule has 0 aromatic rings. The van der Waals surface area contributed by atoms with Crippen molar-refractivity contribution < 1.29 is 14.6 Å². The molecule has 110 valence electrons.